The van der Waals surface area contributed by atoms with Gasteiger partial charge in [0.05, 0.1) is 18.5 Å². The molecule has 0 saturated carbocycles. The Kier molecular flexibility index (Phi) is 4.74. The summed E-state index contributed by atoms with van der Waals surface area (Å²) in [5.74, 6) is -0.387. The lowest BCUT2D eigenvalue weighted by molar-refractivity contribution is -0.274. The number of benzene rings is 1. The molecule has 0 aliphatic heterocycles. The third-order valence-corrected chi connectivity index (χ3v) is 3.35. The van der Waals surface area contributed by atoms with Crippen molar-refractivity contribution < 1.29 is 27.4 Å². The van der Waals surface area contributed by atoms with Crippen LogP contribution in [0.2, 0.25) is 0 Å². The highest BCUT2D eigenvalue weighted by Gasteiger charge is 2.31. The Balaban J connectivity index is 1.87. The second-order valence-electron chi connectivity index (χ2n) is 5.17. The number of esters is 1. The first-order valence-corrected chi connectivity index (χ1v) is 7.57. The standard InChI is InChI=1S/C16H13F3N4O3/c1-2-25-15(24)7-13-21-22-14-8-20-12(9-23(13)14)10-3-5-11(6-4-10)26-16(17,18)19/h3-6,8-9H,2,7H2,1H3. The molecule has 2 aromatic heterocycles. The Morgan fingerprint density at radius 2 is 1.92 bits per heavy atom. The van der Waals surface area contributed by atoms with Gasteiger partial charge in [0.25, 0.3) is 0 Å². The van der Waals surface area contributed by atoms with Crippen LogP contribution in [0, 0.1) is 0 Å². The average molecular weight is 366 g/mol. The van der Waals surface area contributed by atoms with Gasteiger partial charge in [-0.15, -0.1) is 23.4 Å². The summed E-state index contributed by atoms with van der Waals surface area (Å²) in [5, 5.41) is 7.85. The fourth-order valence-corrected chi connectivity index (χ4v) is 2.29. The number of carbonyl (C=O) groups excluding carboxylic acids is 1. The summed E-state index contributed by atoms with van der Waals surface area (Å²) in [7, 11) is 0. The van der Waals surface area contributed by atoms with E-state index in [2.05, 4.69) is 19.9 Å². The van der Waals surface area contributed by atoms with Gasteiger partial charge >= 0.3 is 12.3 Å². The highest BCUT2D eigenvalue weighted by molar-refractivity contribution is 5.72. The van der Waals surface area contributed by atoms with Crippen LogP contribution in [0.15, 0.2) is 36.7 Å². The van der Waals surface area contributed by atoms with Crippen LogP contribution in [0.5, 0.6) is 5.75 Å². The molecular formula is C16H13F3N4O3. The molecule has 0 aliphatic carbocycles. The molecule has 0 unspecified atom stereocenters. The summed E-state index contributed by atoms with van der Waals surface area (Å²) >= 11 is 0. The van der Waals surface area contributed by atoms with Crippen molar-refractivity contribution in [1.82, 2.24) is 19.6 Å². The van der Waals surface area contributed by atoms with E-state index in [0.29, 0.717) is 22.7 Å². The monoisotopic (exact) mass is 366 g/mol. The van der Waals surface area contributed by atoms with Gasteiger partial charge in [0.2, 0.25) is 0 Å². The zero-order chi connectivity index (χ0) is 18.7. The molecule has 0 spiro atoms. The van der Waals surface area contributed by atoms with Crippen molar-refractivity contribution in [2.24, 2.45) is 0 Å². The van der Waals surface area contributed by atoms with Crippen molar-refractivity contribution in [3.8, 4) is 17.0 Å². The van der Waals surface area contributed by atoms with Crippen LogP contribution in [-0.4, -0.2) is 38.5 Å². The van der Waals surface area contributed by atoms with Gasteiger partial charge in [0, 0.05) is 11.8 Å². The molecule has 3 aromatic rings. The molecule has 0 fully saturated rings. The minimum atomic E-state index is -4.75. The highest BCUT2D eigenvalue weighted by Crippen LogP contribution is 2.25. The van der Waals surface area contributed by atoms with Crippen molar-refractivity contribution in [3.63, 3.8) is 0 Å². The predicted molar refractivity (Wildman–Crippen MR) is 83.2 cm³/mol. The number of carbonyl (C=O) groups is 1. The van der Waals surface area contributed by atoms with Gasteiger partial charge < -0.3 is 9.47 Å². The first-order valence-electron chi connectivity index (χ1n) is 7.57. The summed E-state index contributed by atoms with van der Waals surface area (Å²) in [6, 6.07) is 5.29. The molecule has 1 aromatic carbocycles. The van der Waals surface area contributed by atoms with Crippen LogP contribution in [0.25, 0.3) is 16.9 Å². The van der Waals surface area contributed by atoms with E-state index in [1.807, 2.05) is 0 Å². The fraction of sp³-hybridized carbons (Fsp3) is 0.250. The maximum atomic E-state index is 12.2. The van der Waals surface area contributed by atoms with Gasteiger partial charge in [-0.3, -0.25) is 14.2 Å². The number of hydrogen-bond donors (Lipinski definition) is 0. The van der Waals surface area contributed by atoms with E-state index in [9.17, 15) is 18.0 Å². The summed E-state index contributed by atoms with van der Waals surface area (Å²) < 4.78 is 47.0. The topological polar surface area (TPSA) is 78.6 Å². The van der Waals surface area contributed by atoms with E-state index >= 15 is 0 Å². The molecule has 0 aliphatic rings. The molecule has 3 rings (SSSR count). The molecule has 10 heteroatoms. The minimum absolute atomic E-state index is 0.0587. The molecule has 0 amide bonds. The van der Waals surface area contributed by atoms with Crippen molar-refractivity contribution in [2.75, 3.05) is 6.61 Å². The van der Waals surface area contributed by atoms with Crippen molar-refractivity contribution in [3.05, 3.63) is 42.5 Å². The summed E-state index contributed by atoms with van der Waals surface area (Å²) in [6.45, 7) is 1.96. The fourth-order valence-electron chi connectivity index (χ4n) is 2.29. The molecule has 0 saturated heterocycles. The minimum Gasteiger partial charge on any atom is -0.466 e. The maximum Gasteiger partial charge on any atom is 0.573 e. The van der Waals surface area contributed by atoms with Crippen molar-refractivity contribution in [2.45, 2.75) is 19.7 Å². The van der Waals surface area contributed by atoms with Crippen LogP contribution < -0.4 is 4.74 Å². The normalized spacial score (nSPS) is 11.5. The summed E-state index contributed by atoms with van der Waals surface area (Å²) in [5.41, 5.74) is 1.48. The van der Waals surface area contributed by atoms with Gasteiger partial charge in [-0.1, -0.05) is 0 Å². The average Bonchev–Trinajstić information content (AvgIpc) is 2.96. The van der Waals surface area contributed by atoms with Crippen LogP contribution in [0.3, 0.4) is 0 Å². The number of ether oxygens (including phenoxy) is 2. The molecular weight excluding hydrogens is 353 g/mol. The zero-order valence-corrected chi connectivity index (χ0v) is 13.5. The number of alkyl halides is 3. The summed E-state index contributed by atoms with van der Waals surface area (Å²) in [6.07, 6.45) is -1.75. The number of aromatic nitrogens is 4. The number of rotatable bonds is 5. The van der Waals surface area contributed by atoms with E-state index in [-0.39, 0.29) is 18.8 Å². The number of halogens is 3. The van der Waals surface area contributed by atoms with Crippen LogP contribution in [0.1, 0.15) is 12.7 Å². The Labute approximate surface area is 145 Å². The molecule has 0 N–H and O–H groups in total. The second kappa shape index (κ2) is 6.98. The molecule has 26 heavy (non-hydrogen) atoms. The Morgan fingerprint density at radius 3 is 2.58 bits per heavy atom. The molecule has 7 nitrogen and oxygen atoms in total. The smallest absolute Gasteiger partial charge is 0.466 e. The van der Waals surface area contributed by atoms with E-state index < -0.39 is 12.3 Å². The highest BCUT2D eigenvalue weighted by atomic mass is 19.4. The van der Waals surface area contributed by atoms with Gasteiger partial charge in [0.15, 0.2) is 5.65 Å². The number of fused-ring (bicyclic) bond motifs is 1. The molecule has 2 heterocycles. The van der Waals surface area contributed by atoms with Gasteiger partial charge in [0.1, 0.15) is 18.0 Å². The quantitative estimate of drug-likeness (QED) is 0.646. The van der Waals surface area contributed by atoms with Gasteiger partial charge in [-0.25, -0.2) is 0 Å². The van der Waals surface area contributed by atoms with E-state index in [1.165, 1.54) is 30.5 Å². The molecule has 136 valence electrons. The van der Waals surface area contributed by atoms with Gasteiger partial charge in [-0.05, 0) is 31.2 Å². The van der Waals surface area contributed by atoms with E-state index in [0.717, 1.165) is 0 Å². The predicted octanol–water partition coefficient (Wildman–Crippen LogP) is 2.80. The zero-order valence-electron chi connectivity index (χ0n) is 13.5. The molecule has 0 atom stereocenters. The van der Waals surface area contributed by atoms with Crippen LogP contribution in [0.4, 0.5) is 13.2 Å². The Morgan fingerprint density at radius 1 is 1.19 bits per heavy atom. The molecule has 0 bridgehead atoms. The lowest BCUT2D eigenvalue weighted by Gasteiger charge is -2.09. The first kappa shape index (κ1) is 17.6. The number of hydrogen-bond acceptors (Lipinski definition) is 6. The third-order valence-electron chi connectivity index (χ3n) is 3.35. The largest absolute Gasteiger partial charge is 0.573 e. The SMILES string of the molecule is CCOC(=O)Cc1nnc2cnc(-c3ccc(OC(F)(F)F)cc3)cn12. The first-order chi connectivity index (χ1) is 12.4. The second-order valence-corrected chi connectivity index (χ2v) is 5.17. The summed E-state index contributed by atoms with van der Waals surface area (Å²) in [4.78, 5) is 15.8. The van der Waals surface area contributed by atoms with Gasteiger partial charge in [-0.2, -0.15) is 0 Å². The van der Waals surface area contributed by atoms with E-state index in [4.69, 9.17) is 4.74 Å². The van der Waals surface area contributed by atoms with Crippen LogP contribution in [-0.2, 0) is 16.0 Å². The Hall–Kier alpha value is -3.17. The van der Waals surface area contributed by atoms with Crippen molar-refractivity contribution >= 4 is 11.6 Å². The lowest BCUT2D eigenvalue weighted by Crippen LogP contribution is -2.16. The van der Waals surface area contributed by atoms with E-state index in [1.54, 1.807) is 17.5 Å². The maximum absolute atomic E-state index is 12.2. The lowest BCUT2D eigenvalue weighted by atomic mass is 10.1. The van der Waals surface area contributed by atoms with Crippen LogP contribution >= 0.6 is 0 Å². The Bertz CT molecular complexity index is 923. The third kappa shape index (κ3) is 4.08. The molecule has 0 radical (unpaired) electrons. The number of nitrogens with zero attached hydrogens (tertiary/aromatic N) is 4. The van der Waals surface area contributed by atoms with Crippen molar-refractivity contribution in [1.29, 1.82) is 0 Å².